The summed E-state index contributed by atoms with van der Waals surface area (Å²) in [5, 5.41) is 0. The molecule has 1 radical (unpaired) electrons. The largest absolute Gasteiger partial charge is 0.454 e. The molecule has 2 aromatic carbocycles. The van der Waals surface area contributed by atoms with E-state index in [-0.39, 0.29) is 69.1 Å². The molecule has 0 atom stereocenters. The molecular weight excluding hydrogens is 958 g/mol. The number of carbonyl (C=O) groups is 4. The Bertz CT molecular complexity index is 1990. The Morgan fingerprint density at radius 3 is 1.54 bits per heavy atom. The second-order valence-electron chi connectivity index (χ2n) is 18.8. The van der Waals surface area contributed by atoms with Crippen molar-refractivity contribution in [3.8, 4) is 23.0 Å². The van der Waals surface area contributed by atoms with Crippen molar-refractivity contribution in [1.82, 2.24) is 19.6 Å². The fraction of sp³-hybridized carbons (Fsp3) is 0.596. The molecule has 2 saturated heterocycles. The number of amides is 4. The van der Waals surface area contributed by atoms with E-state index in [1.165, 1.54) is 0 Å². The molecule has 1 saturated carbocycles. The summed E-state index contributed by atoms with van der Waals surface area (Å²) in [4.78, 5) is 59.9. The van der Waals surface area contributed by atoms with Crippen LogP contribution in [0.4, 0.5) is 9.59 Å². The van der Waals surface area contributed by atoms with Gasteiger partial charge in [0.05, 0.1) is 11.1 Å². The van der Waals surface area contributed by atoms with Crippen molar-refractivity contribution in [2.75, 3.05) is 57.8 Å². The van der Waals surface area contributed by atoms with Crippen LogP contribution in [0.3, 0.4) is 0 Å². The summed E-state index contributed by atoms with van der Waals surface area (Å²) in [7, 11) is 0. The van der Waals surface area contributed by atoms with Crippen LogP contribution in [0.25, 0.3) is 5.70 Å². The van der Waals surface area contributed by atoms with Gasteiger partial charge in [-0.2, -0.15) is 0 Å². The Morgan fingerprint density at radius 2 is 1.10 bits per heavy atom. The second-order valence-corrected chi connectivity index (χ2v) is 18.8. The molecular formula is C47H64IN4O10V-. The number of ether oxygens (including phenoxy) is 6. The summed E-state index contributed by atoms with van der Waals surface area (Å²) < 4.78 is 32.8. The minimum Gasteiger partial charge on any atom is -0.454 e. The normalized spacial score (nSPS) is 19.3. The summed E-state index contributed by atoms with van der Waals surface area (Å²) in [6.45, 7) is 20.1. The van der Waals surface area contributed by atoms with Gasteiger partial charge in [0.2, 0.25) is 13.6 Å². The standard InChI is InChI=1S/C23H30N2O5.C22H28N2O5.CH3I.CH3.V/c1-22(2,3)30-21(27)24-9-4-15(5-10-24)6-11-25-20(26)16-12-18-19(29-14-28-18)13-17(16)23(25)7-8-23;1-14-16-11-18-19(28-13-27-18)12-17(16)20(25)24(14)10-7-15-5-8-23(9-6-15)21(26)29-22(2,3)4;1-2;;/h12-13,15H,4-11,14H2,1-3H3;11-12,15H,1,5-10,13H2,2-4H3;1H3;1H3;/q;;;-1;. The average Bonchev–Trinajstić information content (AvgIpc) is 3.45. The smallest absolute Gasteiger partial charge is 0.410 e. The molecule has 1 spiro atoms. The van der Waals surface area contributed by atoms with Crippen LogP contribution in [0.15, 0.2) is 30.8 Å². The number of hydrogen-bond acceptors (Lipinski definition) is 10. The van der Waals surface area contributed by atoms with Crippen molar-refractivity contribution >= 4 is 52.3 Å². The number of alkyl halides is 1. The molecule has 6 aliphatic heterocycles. The molecule has 63 heavy (non-hydrogen) atoms. The number of halogens is 1. The molecule has 1 aliphatic carbocycles. The summed E-state index contributed by atoms with van der Waals surface area (Å²) in [5.41, 5.74) is 2.97. The van der Waals surface area contributed by atoms with Gasteiger partial charge in [-0.05, 0) is 140 Å². The maximum absolute atomic E-state index is 13.2. The van der Waals surface area contributed by atoms with Gasteiger partial charge in [-0.15, -0.1) is 0 Å². The monoisotopic (exact) mass is 1020 g/mol. The first kappa shape index (κ1) is 50.2. The van der Waals surface area contributed by atoms with Gasteiger partial charge >= 0.3 is 12.2 Å². The summed E-state index contributed by atoms with van der Waals surface area (Å²) in [5.74, 6) is 3.78. The first-order chi connectivity index (χ1) is 29.0. The third kappa shape index (κ3) is 11.0. The number of rotatable bonds is 6. The Hall–Kier alpha value is -3.83. The quantitative estimate of drug-likeness (QED) is 0.157. The fourth-order valence-corrected chi connectivity index (χ4v) is 9.05. The third-order valence-electron chi connectivity index (χ3n) is 12.4. The summed E-state index contributed by atoms with van der Waals surface area (Å²) in [6, 6.07) is 7.48. The van der Waals surface area contributed by atoms with E-state index in [2.05, 4.69) is 34.1 Å². The summed E-state index contributed by atoms with van der Waals surface area (Å²) in [6.07, 6.45) is 7.16. The van der Waals surface area contributed by atoms with Crippen molar-refractivity contribution in [3.05, 3.63) is 60.5 Å². The molecule has 9 rings (SSSR count). The molecule has 345 valence electrons. The molecule has 0 aromatic heterocycles. The number of fused-ring (bicyclic) bond motifs is 5. The topological polar surface area (TPSA) is 137 Å². The Morgan fingerprint density at radius 1 is 0.683 bits per heavy atom. The van der Waals surface area contributed by atoms with Crippen LogP contribution in [0.5, 0.6) is 23.0 Å². The van der Waals surface area contributed by atoms with Crippen molar-refractivity contribution in [3.63, 3.8) is 0 Å². The zero-order valence-electron chi connectivity index (χ0n) is 38.2. The zero-order chi connectivity index (χ0) is 43.9. The predicted molar refractivity (Wildman–Crippen MR) is 244 cm³/mol. The molecule has 14 nitrogen and oxygen atoms in total. The predicted octanol–water partition coefficient (Wildman–Crippen LogP) is 9.28. The van der Waals surface area contributed by atoms with E-state index in [9.17, 15) is 19.2 Å². The number of likely N-dealkylation sites (tertiary alicyclic amines) is 2. The maximum atomic E-state index is 13.2. The molecule has 0 bridgehead atoms. The van der Waals surface area contributed by atoms with Crippen LogP contribution in [-0.4, -0.2) is 113 Å². The minimum atomic E-state index is -0.476. The van der Waals surface area contributed by atoms with Crippen molar-refractivity contribution in [1.29, 1.82) is 0 Å². The maximum Gasteiger partial charge on any atom is 0.410 e. The van der Waals surface area contributed by atoms with Gasteiger partial charge in [-0.3, -0.25) is 9.59 Å². The van der Waals surface area contributed by atoms with Gasteiger partial charge < -0.3 is 55.4 Å². The second kappa shape index (κ2) is 20.1. The van der Waals surface area contributed by atoms with Crippen molar-refractivity contribution in [2.45, 2.75) is 110 Å². The van der Waals surface area contributed by atoms with Crippen LogP contribution in [0.1, 0.15) is 125 Å². The molecule has 4 amide bonds. The van der Waals surface area contributed by atoms with Crippen LogP contribution < -0.4 is 18.9 Å². The van der Waals surface area contributed by atoms with Crippen molar-refractivity contribution < 1.29 is 66.2 Å². The van der Waals surface area contributed by atoms with E-state index in [1.54, 1.807) is 15.9 Å². The van der Waals surface area contributed by atoms with Gasteiger partial charge in [0.15, 0.2) is 23.0 Å². The third-order valence-corrected chi connectivity index (χ3v) is 12.4. The minimum absolute atomic E-state index is 0. The van der Waals surface area contributed by atoms with E-state index in [1.807, 2.05) is 69.6 Å². The first-order valence-electron chi connectivity index (χ1n) is 21.5. The average molecular weight is 1020 g/mol. The van der Waals surface area contributed by atoms with Crippen molar-refractivity contribution in [2.24, 2.45) is 11.8 Å². The van der Waals surface area contributed by atoms with E-state index >= 15 is 0 Å². The fourth-order valence-electron chi connectivity index (χ4n) is 9.05. The Balaban J connectivity index is 0.000000222. The van der Waals surface area contributed by atoms with Crippen LogP contribution >= 0.6 is 22.6 Å². The number of nitrogens with zero attached hydrogens (tertiary/aromatic N) is 4. The molecule has 7 aliphatic rings. The molecule has 3 fully saturated rings. The molecule has 2 aromatic rings. The molecule has 6 heterocycles. The van der Waals surface area contributed by atoms with Crippen LogP contribution in [-0.2, 0) is 33.6 Å². The Kier molecular flexibility index (Phi) is 16.0. The van der Waals surface area contributed by atoms with E-state index in [4.69, 9.17) is 28.4 Å². The number of piperidine rings is 2. The number of benzene rings is 2. The van der Waals surface area contributed by atoms with Gasteiger partial charge in [-0.1, -0.05) is 29.2 Å². The van der Waals surface area contributed by atoms with Crippen LogP contribution in [0, 0.1) is 19.3 Å². The van der Waals surface area contributed by atoms with Gasteiger partial charge in [0, 0.05) is 74.6 Å². The van der Waals surface area contributed by atoms with E-state index < -0.39 is 11.2 Å². The van der Waals surface area contributed by atoms with Gasteiger partial charge in [-0.25, -0.2) is 9.59 Å². The van der Waals surface area contributed by atoms with E-state index in [0.29, 0.717) is 54.3 Å². The van der Waals surface area contributed by atoms with Gasteiger partial charge in [0.1, 0.15) is 11.2 Å². The number of hydrogen-bond donors (Lipinski definition) is 0. The molecule has 0 unspecified atom stereocenters. The zero-order valence-corrected chi connectivity index (χ0v) is 41.7. The SMILES string of the molecule is C=C1c2cc3c(cc2C(=O)N1CCC1CCN(C(=O)OC(C)(C)C)CC1)OCO3.CC(C)(C)OC(=O)N1CCC(CCN2C(=O)c3cc4c(cc3C23CC3)OCO4)CC1.CI.[CH3-].[V]. The number of carbonyl (C=O) groups excluding carboxylic acids is 4. The van der Waals surface area contributed by atoms with Crippen LogP contribution in [0.2, 0.25) is 0 Å². The first-order valence-corrected chi connectivity index (χ1v) is 23.7. The van der Waals surface area contributed by atoms with Gasteiger partial charge in [0.25, 0.3) is 11.8 Å². The molecule has 0 N–H and O–H groups in total. The molecule has 16 heteroatoms. The van der Waals surface area contributed by atoms with E-state index in [0.717, 1.165) is 99.1 Å². The Labute approximate surface area is 398 Å². The summed E-state index contributed by atoms with van der Waals surface area (Å²) >= 11 is 2.15.